The number of carbonyl (C=O) groups excluding carboxylic acids is 2. The first-order valence-corrected chi connectivity index (χ1v) is 14.4. The van der Waals surface area contributed by atoms with Gasteiger partial charge in [0.2, 0.25) is 11.6 Å². The first kappa shape index (κ1) is 28.9. The Hall–Kier alpha value is -4.58. The fourth-order valence-electron chi connectivity index (χ4n) is 5.53. The monoisotopic (exact) mass is 562 g/mol. The summed E-state index contributed by atoms with van der Waals surface area (Å²) in [7, 11) is 0. The molecule has 1 aliphatic carbocycles. The molecule has 2 aromatic carbocycles. The van der Waals surface area contributed by atoms with Crippen molar-refractivity contribution in [2.75, 3.05) is 6.61 Å². The van der Waals surface area contributed by atoms with Gasteiger partial charge < -0.3 is 19.0 Å². The lowest BCUT2D eigenvalue weighted by molar-refractivity contribution is -0.117. The fourth-order valence-corrected chi connectivity index (χ4v) is 5.53. The van der Waals surface area contributed by atoms with E-state index < -0.39 is 28.4 Å². The van der Waals surface area contributed by atoms with E-state index in [1.807, 2.05) is 117 Å². The highest BCUT2D eigenvalue weighted by Crippen LogP contribution is 2.42. The maximum Gasteiger partial charge on any atom is 0.232 e. The zero-order chi connectivity index (χ0) is 30.4. The molecule has 1 N–H and O–H groups in total. The maximum atomic E-state index is 14.4. The number of unbranched alkanes of at least 4 members (excludes halogenated alkanes) is 1. The number of hydrogen-bond acceptors (Lipinski definition) is 4. The van der Waals surface area contributed by atoms with Crippen molar-refractivity contribution in [3.05, 3.63) is 109 Å². The number of aliphatic hydroxyl groups is 1. The number of fused-ring (bicyclic) bond motifs is 2. The predicted molar refractivity (Wildman–Crippen MR) is 170 cm³/mol. The second-order valence-corrected chi connectivity index (χ2v) is 11.9. The summed E-state index contributed by atoms with van der Waals surface area (Å²) in [6.07, 6.45) is 8.89. The molecule has 42 heavy (non-hydrogen) atoms. The van der Waals surface area contributed by atoms with Crippen LogP contribution in [0.5, 0.6) is 0 Å². The van der Waals surface area contributed by atoms with Crippen molar-refractivity contribution < 1.29 is 19.4 Å². The molecular formula is C36H38N2O4. The summed E-state index contributed by atoms with van der Waals surface area (Å²) in [5.41, 5.74) is 1.79. The van der Waals surface area contributed by atoms with Crippen molar-refractivity contribution >= 4 is 44.5 Å². The smallest absolute Gasteiger partial charge is 0.232 e. The summed E-state index contributed by atoms with van der Waals surface area (Å²) in [6.45, 7) is 18.4. The second kappa shape index (κ2) is 10.7. The van der Waals surface area contributed by atoms with Crippen LogP contribution in [0.15, 0.2) is 97.8 Å². The summed E-state index contributed by atoms with van der Waals surface area (Å²) in [5.74, 6) is -1.79. The van der Waals surface area contributed by atoms with E-state index in [9.17, 15) is 14.7 Å². The molecule has 0 amide bonds. The third kappa shape index (κ3) is 4.51. The van der Waals surface area contributed by atoms with Gasteiger partial charge >= 0.3 is 0 Å². The minimum Gasteiger partial charge on any atom is -0.504 e. The van der Waals surface area contributed by atoms with Crippen molar-refractivity contribution in [3.8, 4) is 0 Å². The molecule has 6 nitrogen and oxygen atoms in total. The number of ether oxygens (including phenoxy) is 1. The third-order valence-electron chi connectivity index (χ3n) is 8.29. The normalized spacial score (nSPS) is 14.8. The van der Waals surface area contributed by atoms with Crippen LogP contribution in [0, 0.1) is 0 Å². The van der Waals surface area contributed by atoms with E-state index in [4.69, 9.17) is 4.74 Å². The number of para-hydroxylation sites is 2. The number of rotatable bonds is 10. The Morgan fingerprint density at radius 2 is 1.26 bits per heavy atom. The summed E-state index contributed by atoms with van der Waals surface area (Å²) in [4.78, 5) is 28.6. The number of ketones is 2. The maximum absolute atomic E-state index is 14.4. The van der Waals surface area contributed by atoms with Crippen LogP contribution in [0.25, 0.3) is 33.0 Å². The number of aromatic nitrogens is 2. The highest BCUT2D eigenvalue weighted by Gasteiger charge is 2.40. The third-order valence-corrected chi connectivity index (χ3v) is 8.29. The van der Waals surface area contributed by atoms with Crippen LogP contribution in [-0.2, 0) is 25.4 Å². The molecule has 0 bridgehead atoms. The second-order valence-electron chi connectivity index (χ2n) is 11.9. The molecule has 0 unspecified atom stereocenters. The number of carbonyl (C=O) groups is 2. The fraction of sp³-hybridized carbons (Fsp3) is 0.278. The van der Waals surface area contributed by atoms with Crippen molar-refractivity contribution in [1.82, 2.24) is 9.13 Å². The van der Waals surface area contributed by atoms with Gasteiger partial charge in [-0.1, -0.05) is 61.9 Å². The summed E-state index contributed by atoms with van der Waals surface area (Å²) in [6, 6.07) is 15.3. The first-order valence-electron chi connectivity index (χ1n) is 14.4. The number of hydrogen-bond donors (Lipinski definition) is 1. The largest absolute Gasteiger partial charge is 0.504 e. The van der Waals surface area contributed by atoms with Crippen molar-refractivity contribution in [1.29, 1.82) is 0 Å². The van der Waals surface area contributed by atoms with Gasteiger partial charge in [-0.25, -0.2) is 0 Å². The molecule has 1 aliphatic rings. The molecule has 0 fully saturated rings. The Morgan fingerprint density at radius 3 is 1.74 bits per heavy atom. The van der Waals surface area contributed by atoms with Crippen LogP contribution in [-0.4, -0.2) is 32.4 Å². The van der Waals surface area contributed by atoms with Gasteiger partial charge in [-0.05, 0) is 46.2 Å². The van der Waals surface area contributed by atoms with Gasteiger partial charge in [0.05, 0.1) is 28.8 Å². The molecule has 2 aromatic heterocycles. The molecular weight excluding hydrogens is 524 g/mol. The van der Waals surface area contributed by atoms with E-state index in [0.717, 1.165) is 28.2 Å². The van der Waals surface area contributed by atoms with E-state index in [2.05, 4.69) is 13.2 Å². The van der Waals surface area contributed by atoms with Gasteiger partial charge in [-0.15, -0.1) is 13.2 Å². The van der Waals surface area contributed by atoms with Crippen LogP contribution in [0.2, 0.25) is 0 Å². The number of allylic oxidation sites excluding steroid dienone is 4. The van der Waals surface area contributed by atoms with Gasteiger partial charge in [-0.2, -0.15) is 0 Å². The van der Waals surface area contributed by atoms with Gasteiger partial charge in [0, 0.05) is 45.3 Å². The zero-order valence-electron chi connectivity index (χ0n) is 25.0. The molecule has 0 radical (unpaired) electrons. The Labute approximate surface area is 246 Å². The Balaban J connectivity index is 1.78. The molecule has 0 saturated carbocycles. The molecule has 6 heteroatoms. The molecule has 0 aliphatic heterocycles. The standard InChI is InChI=1S/C36H38N2O4/c1-8-11-20-42-34-30(26-22-38(36(6,7)10-3)28-19-15-13-17-24(26)28)32(40)31(39)29(33(34)41)25-21-37(35(4,5)9-2)27-18-14-12-16-23(25)27/h9-10,12-19,21-22,39H,2-3,8,11,20H2,1,4-7H3. The lowest BCUT2D eigenvalue weighted by atomic mass is 9.86. The highest BCUT2D eigenvalue weighted by molar-refractivity contribution is 6.48. The Bertz CT molecular complexity index is 1820. The van der Waals surface area contributed by atoms with Crippen molar-refractivity contribution in [2.24, 2.45) is 0 Å². The highest BCUT2D eigenvalue weighted by atomic mass is 16.5. The summed E-state index contributed by atoms with van der Waals surface area (Å²) < 4.78 is 10.2. The van der Waals surface area contributed by atoms with Gasteiger partial charge in [-0.3, -0.25) is 9.59 Å². The average molecular weight is 563 g/mol. The summed E-state index contributed by atoms with van der Waals surface area (Å²) in [5, 5.41) is 13.1. The van der Waals surface area contributed by atoms with Crippen LogP contribution in [0.3, 0.4) is 0 Å². The van der Waals surface area contributed by atoms with Gasteiger partial charge in [0.1, 0.15) is 0 Å². The zero-order valence-corrected chi connectivity index (χ0v) is 25.0. The van der Waals surface area contributed by atoms with E-state index in [0.29, 0.717) is 17.5 Å². The Morgan fingerprint density at radius 1 is 0.786 bits per heavy atom. The number of aliphatic hydroxyl groups excluding tert-OH is 1. The minimum atomic E-state index is -0.643. The lowest BCUT2D eigenvalue weighted by Gasteiger charge is -2.24. The van der Waals surface area contributed by atoms with E-state index in [1.165, 1.54) is 0 Å². The van der Waals surface area contributed by atoms with E-state index >= 15 is 0 Å². The van der Waals surface area contributed by atoms with Crippen molar-refractivity contribution in [2.45, 2.75) is 58.5 Å². The van der Waals surface area contributed by atoms with Crippen LogP contribution in [0.4, 0.5) is 0 Å². The average Bonchev–Trinajstić information content (AvgIpc) is 3.56. The van der Waals surface area contributed by atoms with Crippen molar-refractivity contribution in [3.63, 3.8) is 0 Å². The topological polar surface area (TPSA) is 73.5 Å². The molecule has 0 spiro atoms. The van der Waals surface area contributed by atoms with E-state index in [1.54, 1.807) is 0 Å². The number of benzene rings is 2. The number of nitrogens with zero attached hydrogens (tertiary/aromatic N) is 2. The van der Waals surface area contributed by atoms with Gasteiger partial charge in [0.25, 0.3) is 0 Å². The predicted octanol–water partition coefficient (Wildman–Crippen LogP) is 8.09. The number of Topliss-reactive ketones (excluding diaryl/α,β-unsaturated/α-hetero) is 2. The lowest BCUT2D eigenvalue weighted by Crippen LogP contribution is -2.25. The van der Waals surface area contributed by atoms with Crippen LogP contribution in [0.1, 0.15) is 58.6 Å². The molecule has 5 rings (SSSR count). The van der Waals surface area contributed by atoms with Crippen LogP contribution >= 0.6 is 0 Å². The first-order chi connectivity index (χ1) is 20.0. The molecule has 4 aromatic rings. The minimum absolute atomic E-state index is 0.0413. The van der Waals surface area contributed by atoms with Gasteiger partial charge in [0.15, 0.2) is 11.5 Å². The quantitative estimate of drug-likeness (QED) is 0.120. The SMILES string of the molecule is C=CC(C)(C)n1cc(C2=C(O)C(=O)C(c3cn(C(C)(C)C=C)c4ccccc34)=C(OCCCC)C2=O)c2ccccc21. The molecule has 0 atom stereocenters. The Kier molecular flexibility index (Phi) is 7.35. The molecule has 0 saturated heterocycles. The molecule has 2 heterocycles. The van der Waals surface area contributed by atoms with Crippen LogP contribution < -0.4 is 0 Å². The van der Waals surface area contributed by atoms with E-state index in [-0.39, 0.29) is 23.5 Å². The summed E-state index contributed by atoms with van der Waals surface area (Å²) >= 11 is 0. The molecule has 216 valence electrons.